The Hall–Kier alpha value is -0.0200. The zero-order chi connectivity index (χ0) is 10.4. The predicted molar refractivity (Wildman–Crippen MR) is 62.7 cm³/mol. The molecule has 1 aliphatic rings. The number of hydrogen-bond acceptors (Lipinski definition) is 2. The molecule has 2 nitrogen and oxygen atoms in total. The van der Waals surface area contributed by atoms with E-state index in [-0.39, 0.29) is 11.2 Å². The number of carbonyl (C=O) groups is 1. The lowest BCUT2D eigenvalue weighted by Gasteiger charge is -2.21. The molecule has 0 radical (unpaired) electrons. The molecule has 3 heteroatoms. The van der Waals surface area contributed by atoms with E-state index < -0.39 is 0 Å². The summed E-state index contributed by atoms with van der Waals surface area (Å²) in [5.74, 6) is 0. The van der Waals surface area contributed by atoms with Crippen LogP contribution in [0, 0.1) is 0 Å². The van der Waals surface area contributed by atoms with E-state index >= 15 is 0 Å². The lowest BCUT2D eigenvalue weighted by molar-refractivity contribution is -0.114. The van der Waals surface area contributed by atoms with E-state index in [1.807, 2.05) is 0 Å². The molecule has 0 aliphatic carbocycles. The molecule has 0 unspecified atom stereocenters. The highest BCUT2D eigenvalue weighted by atomic mass is 32.1. The molecule has 0 saturated carbocycles. The first-order chi connectivity index (χ1) is 6.75. The van der Waals surface area contributed by atoms with Gasteiger partial charge < -0.3 is 0 Å². The molecule has 0 aromatic heterocycles. The molecule has 0 amide bonds. The standard InChI is InChI=1S/C11H21NOS/c1-2-3-4-5-8-12-9-6-7-10(12)11(13)14/h10H,2-9H2,1H3,(H,13,14)/t10-/m0/s1. The smallest absolute Gasteiger partial charge is 0.203 e. The third kappa shape index (κ3) is 3.62. The van der Waals surface area contributed by atoms with Crippen molar-refractivity contribution >= 4 is 17.7 Å². The summed E-state index contributed by atoms with van der Waals surface area (Å²) in [4.78, 5) is 13.5. The van der Waals surface area contributed by atoms with Gasteiger partial charge in [0.1, 0.15) is 0 Å². The van der Waals surface area contributed by atoms with Gasteiger partial charge in [-0.15, -0.1) is 12.6 Å². The molecule has 0 bridgehead atoms. The van der Waals surface area contributed by atoms with Crippen LogP contribution in [0.5, 0.6) is 0 Å². The number of rotatable bonds is 6. The summed E-state index contributed by atoms with van der Waals surface area (Å²) in [5.41, 5.74) is 0. The zero-order valence-corrected chi connectivity index (χ0v) is 9.93. The second-order valence-electron chi connectivity index (χ2n) is 4.09. The highest BCUT2D eigenvalue weighted by Gasteiger charge is 2.27. The first kappa shape index (κ1) is 12.1. The number of likely N-dealkylation sites (tertiary alicyclic amines) is 1. The van der Waals surface area contributed by atoms with Gasteiger partial charge in [0, 0.05) is 0 Å². The average molecular weight is 215 g/mol. The molecule has 14 heavy (non-hydrogen) atoms. The van der Waals surface area contributed by atoms with Gasteiger partial charge in [-0.2, -0.15) is 0 Å². The molecule has 1 atom stereocenters. The Balaban J connectivity index is 2.19. The average Bonchev–Trinajstić information content (AvgIpc) is 2.60. The summed E-state index contributed by atoms with van der Waals surface area (Å²) < 4.78 is 0. The highest BCUT2D eigenvalue weighted by molar-refractivity contribution is 7.96. The number of unbranched alkanes of at least 4 members (excludes halogenated alkanes) is 3. The Morgan fingerprint density at radius 1 is 1.43 bits per heavy atom. The summed E-state index contributed by atoms with van der Waals surface area (Å²) in [6, 6.07) is 0.111. The van der Waals surface area contributed by atoms with Crippen LogP contribution in [0.15, 0.2) is 0 Å². The second kappa shape index (κ2) is 6.46. The number of thiol groups is 1. The molecule has 0 aromatic rings. The van der Waals surface area contributed by atoms with Crippen LogP contribution in [0.3, 0.4) is 0 Å². The first-order valence-corrected chi connectivity index (χ1v) is 6.17. The highest BCUT2D eigenvalue weighted by Crippen LogP contribution is 2.19. The lowest BCUT2D eigenvalue weighted by atomic mass is 10.2. The van der Waals surface area contributed by atoms with Crippen molar-refractivity contribution in [2.24, 2.45) is 0 Å². The van der Waals surface area contributed by atoms with Crippen molar-refractivity contribution in [1.82, 2.24) is 4.90 Å². The summed E-state index contributed by atoms with van der Waals surface area (Å²) in [6.45, 7) is 4.38. The molecule has 82 valence electrons. The van der Waals surface area contributed by atoms with Gasteiger partial charge >= 0.3 is 0 Å². The largest absolute Gasteiger partial charge is 0.293 e. The van der Waals surface area contributed by atoms with Gasteiger partial charge in [-0.1, -0.05) is 26.2 Å². The fourth-order valence-electron chi connectivity index (χ4n) is 2.12. The van der Waals surface area contributed by atoms with Gasteiger partial charge in [0.05, 0.1) is 6.04 Å². The third-order valence-electron chi connectivity index (χ3n) is 2.95. The van der Waals surface area contributed by atoms with Gasteiger partial charge in [-0.3, -0.25) is 9.69 Å². The van der Waals surface area contributed by atoms with Crippen molar-refractivity contribution in [3.05, 3.63) is 0 Å². The van der Waals surface area contributed by atoms with Crippen LogP contribution in [0.25, 0.3) is 0 Å². The Bertz CT molecular complexity index is 184. The van der Waals surface area contributed by atoms with Gasteiger partial charge in [0.25, 0.3) is 0 Å². The molecule has 1 heterocycles. The predicted octanol–water partition coefficient (Wildman–Crippen LogP) is 2.49. The van der Waals surface area contributed by atoms with Crippen molar-refractivity contribution < 1.29 is 4.79 Å². The Morgan fingerprint density at radius 3 is 2.86 bits per heavy atom. The van der Waals surface area contributed by atoms with Crippen molar-refractivity contribution in [2.45, 2.75) is 51.5 Å². The molecule has 1 saturated heterocycles. The van der Waals surface area contributed by atoms with Crippen LogP contribution < -0.4 is 0 Å². The molecule has 1 fully saturated rings. The van der Waals surface area contributed by atoms with Gasteiger partial charge in [-0.05, 0) is 32.4 Å². The SMILES string of the molecule is CCCCCCN1CCC[C@H]1C(=O)S. The van der Waals surface area contributed by atoms with Crippen molar-refractivity contribution in [2.75, 3.05) is 13.1 Å². The minimum Gasteiger partial charge on any atom is -0.293 e. The van der Waals surface area contributed by atoms with Gasteiger partial charge in [0.2, 0.25) is 5.12 Å². The van der Waals surface area contributed by atoms with Gasteiger partial charge in [-0.25, -0.2) is 0 Å². The summed E-state index contributed by atoms with van der Waals surface area (Å²) in [5, 5.41) is 0.0537. The summed E-state index contributed by atoms with van der Waals surface area (Å²) >= 11 is 3.94. The Labute approximate surface area is 92.5 Å². The monoisotopic (exact) mass is 215 g/mol. The Morgan fingerprint density at radius 2 is 2.21 bits per heavy atom. The van der Waals surface area contributed by atoms with Crippen molar-refractivity contribution in [3.8, 4) is 0 Å². The van der Waals surface area contributed by atoms with Crippen LogP contribution >= 0.6 is 12.6 Å². The molecular weight excluding hydrogens is 194 g/mol. The van der Waals surface area contributed by atoms with E-state index in [0.717, 1.165) is 25.9 Å². The first-order valence-electron chi connectivity index (χ1n) is 5.72. The lowest BCUT2D eigenvalue weighted by Crippen LogP contribution is -2.34. The minimum absolute atomic E-state index is 0.0537. The van der Waals surface area contributed by atoms with E-state index in [1.54, 1.807) is 0 Å². The maximum absolute atomic E-state index is 11.2. The fourth-order valence-corrected chi connectivity index (χ4v) is 2.41. The van der Waals surface area contributed by atoms with Crippen LogP contribution in [-0.4, -0.2) is 29.1 Å². The van der Waals surface area contributed by atoms with E-state index in [2.05, 4.69) is 24.5 Å². The van der Waals surface area contributed by atoms with E-state index in [0.29, 0.717) is 0 Å². The molecule has 1 aliphatic heterocycles. The topological polar surface area (TPSA) is 20.3 Å². The molecule has 0 N–H and O–H groups in total. The van der Waals surface area contributed by atoms with Crippen LogP contribution in [0.1, 0.15) is 45.4 Å². The van der Waals surface area contributed by atoms with Crippen molar-refractivity contribution in [3.63, 3.8) is 0 Å². The number of carbonyl (C=O) groups excluding carboxylic acids is 1. The van der Waals surface area contributed by atoms with Crippen LogP contribution in [0.2, 0.25) is 0 Å². The number of hydrogen-bond donors (Lipinski definition) is 1. The van der Waals surface area contributed by atoms with Crippen LogP contribution in [-0.2, 0) is 4.79 Å². The Kier molecular flexibility index (Phi) is 5.56. The normalized spacial score (nSPS) is 22.9. The second-order valence-corrected chi connectivity index (χ2v) is 4.53. The maximum atomic E-state index is 11.2. The van der Waals surface area contributed by atoms with E-state index in [1.165, 1.54) is 25.7 Å². The third-order valence-corrected chi connectivity index (χ3v) is 3.25. The van der Waals surface area contributed by atoms with Crippen molar-refractivity contribution in [1.29, 1.82) is 0 Å². The van der Waals surface area contributed by atoms with Crippen LogP contribution in [0.4, 0.5) is 0 Å². The fraction of sp³-hybridized carbons (Fsp3) is 0.909. The maximum Gasteiger partial charge on any atom is 0.203 e. The minimum atomic E-state index is 0.0537. The molecule has 1 rings (SSSR count). The van der Waals surface area contributed by atoms with E-state index in [9.17, 15) is 4.79 Å². The molecular formula is C11H21NOS. The molecule has 0 aromatic carbocycles. The zero-order valence-electron chi connectivity index (χ0n) is 9.04. The van der Waals surface area contributed by atoms with Gasteiger partial charge in [0.15, 0.2) is 0 Å². The molecule has 0 spiro atoms. The quantitative estimate of drug-likeness (QED) is 0.542. The summed E-state index contributed by atoms with van der Waals surface area (Å²) in [6.07, 6.45) is 7.27. The summed E-state index contributed by atoms with van der Waals surface area (Å²) in [7, 11) is 0. The number of nitrogens with zero attached hydrogens (tertiary/aromatic N) is 1. The van der Waals surface area contributed by atoms with E-state index in [4.69, 9.17) is 0 Å².